The van der Waals surface area contributed by atoms with Crippen molar-refractivity contribution in [2.75, 3.05) is 19.8 Å². The minimum absolute atomic E-state index is 0.697. The highest BCUT2D eigenvalue weighted by Gasteiger charge is 2.24. The molecule has 5 aromatic carbocycles. The summed E-state index contributed by atoms with van der Waals surface area (Å²) in [7, 11) is 0. The highest BCUT2D eigenvalue weighted by molar-refractivity contribution is 6.23. The van der Waals surface area contributed by atoms with Crippen LogP contribution in [0.2, 0.25) is 0 Å². The maximum absolute atomic E-state index is 6.66. The van der Waals surface area contributed by atoms with Crippen LogP contribution in [-0.4, -0.2) is 19.8 Å². The topological polar surface area (TPSA) is 27.7 Å². The molecule has 1 aliphatic heterocycles. The van der Waals surface area contributed by atoms with Crippen LogP contribution in [0, 0.1) is 6.92 Å². The fourth-order valence-electron chi connectivity index (χ4n) is 6.91. The average molecular weight is 601 g/mol. The number of aryl methyl sites for hydroxylation is 1. The van der Waals surface area contributed by atoms with Gasteiger partial charge in [0.2, 0.25) is 0 Å². The molecule has 45 heavy (non-hydrogen) atoms. The first kappa shape index (κ1) is 31.0. The van der Waals surface area contributed by atoms with E-state index in [1.807, 2.05) is 0 Å². The van der Waals surface area contributed by atoms with Gasteiger partial charge in [-0.05, 0) is 71.5 Å². The van der Waals surface area contributed by atoms with E-state index in [-0.39, 0.29) is 0 Å². The number of benzene rings is 5. The highest BCUT2D eigenvalue weighted by Crippen LogP contribution is 2.50. The Bertz CT molecular complexity index is 1660. The van der Waals surface area contributed by atoms with Crippen LogP contribution in [0.4, 0.5) is 0 Å². The molecule has 0 amide bonds. The Morgan fingerprint density at radius 2 is 1.02 bits per heavy atom. The van der Waals surface area contributed by atoms with Gasteiger partial charge in [-0.1, -0.05) is 125 Å². The molecule has 0 unspecified atom stereocenters. The fourth-order valence-corrected chi connectivity index (χ4v) is 6.91. The molecule has 3 heteroatoms. The first-order valence-electron chi connectivity index (χ1n) is 17.3. The Hall–Kier alpha value is -3.98. The molecule has 0 radical (unpaired) electrons. The standard InChI is InChI=1S/C42H48O3/c1-3-4-5-6-8-15-29-44-37-26-19-27-38-42(37)41-34-23-13-11-21-32(34)40(33-22-12-14-24-35(33)41)39-31(2)20-18-25-36(39)43-28-16-9-7-10-17-30-45-38/h11-14,18-27H,3-10,15-17,28-30H2,1-2H3. The zero-order valence-electron chi connectivity index (χ0n) is 27.2. The molecular weight excluding hydrogens is 552 g/mol. The van der Waals surface area contributed by atoms with Crippen LogP contribution in [0.25, 0.3) is 43.8 Å². The molecule has 234 valence electrons. The summed E-state index contributed by atoms with van der Waals surface area (Å²) < 4.78 is 19.9. The van der Waals surface area contributed by atoms with Gasteiger partial charge in [0, 0.05) is 16.7 Å². The second-order valence-corrected chi connectivity index (χ2v) is 12.5. The number of fused-ring (bicyclic) bond motifs is 7. The van der Waals surface area contributed by atoms with E-state index >= 15 is 0 Å². The van der Waals surface area contributed by atoms with E-state index in [2.05, 4.69) is 98.8 Å². The van der Waals surface area contributed by atoms with Crippen LogP contribution in [0.1, 0.15) is 83.1 Å². The molecule has 3 nitrogen and oxygen atoms in total. The number of unbranched alkanes of at least 4 members (excludes halogenated alkanes) is 5. The van der Waals surface area contributed by atoms with E-state index in [1.54, 1.807) is 0 Å². The molecule has 0 aromatic heterocycles. The molecule has 0 saturated heterocycles. The lowest BCUT2D eigenvalue weighted by molar-refractivity contribution is 0.288. The van der Waals surface area contributed by atoms with Gasteiger partial charge in [-0.3, -0.25) is 0 Å². The van der Waals surface area contributed by atoms with Crippen molar-refractivity contribution < 1.29 is 14.2 Å². The molecule has 0 atom stereocenters. The van der Waals surface area contributed by atoms with E-state index in [0.717, 1.165) is 61.5 Å². The molecule has 1 heterocycles. The predicted molar refractivity (Wildman–Crippen MR) is 190 cm³/mol. The van der Waals surface area contributed by atoms with Crippen molar-refractivity contribution in [2.45, 2.75) is 84.5 Å². The summed E-state index contributed by atoms with van der Waals surface area (Å²) in [5.74, 6) is 2.78. The third kappa shape index (κ3) is 6.98. The maximum atomic E-state index is 6.66. The van der Waals surface area contributed by atoms with E-state index in [0.29, 0.717) is 13.2 Å². The van der Waals surface area contributed by atoms with Crippen molar-refractivity contribution >= 4 is 21.5 Å². The number of hydrogen-bond donors (Lipinski definition) is 0. The second-order valence-electron chi connectivity index (χ2n) is 12.5. The van der Waals surface area contributed by atoms with Gasteiger partial charge in [0.05, 0.1) is 25.4 Å². The first-order valence-corrected chi connectivity index (χ1v) is 17.3. The Balaban J connectivity index is 1.56. The van der Waals surface area contributed by atoms with Crippen molar-refractivity contribution in [1.82, 2.24) is 0 Å². The Labute approximate surface area is 269 Å². The van der Waals surface area contributed by atoms with Gasteiger partial charge >= 0.3 is 0 Å². The summed E-state index contributed by atoms with van der Waals surface area (Å²) in [6, 6.07) is 30.5. The average Bonchev–Trinajstić information content (AvgIpc) is 3.07. The fraction of sp³-hybridized carbons (Fsp3) is 0.381. The van der Waals surface area contributed by atoms with Crippen molar-refractivity contribution in [3.05, 3.63) is 90.5 Å². The normalized spacial score (nSPS) is 13.9. The zero-order chi connectivity index (χ0) is 30.8. The molecule has 0 saturated carbocycles. The van der Waals surface area contributed by atoms with Crippen LogP contribution in [-0.2, 0) is 0 Å². The van der Waals surface area contributed by atoms with Gasteiger partial charge in [0.25, 0.3) is 0 Å². The Morgan fingerprint density at radius 3 is 1.64 bits per heavy atom. The SMILES string of the molecule is CCCCCCCCOc1cccc2c1-c1c3ccccc3c(c3ccccc13)-c1c(C)cccc1OCCCCCCCO2. The monoisotopic (exact) mass is 600 g/mol. The molecule has 0 aliphatic carbocycles. The van der Waals surface area contributed by atoms with Crippen LogP contribution in [0.15, 0.2) is 84.9 Å². The van der Waals surface area contributed by atoms with Gasteiger partial charge < -0.3 is 14.2 Å². The van der Waals surface area contributed by atoms with Gasteiger partial charge in [-0.15, -0.1) is 0 Å². The Kier molecular flexibility index (Phi) is 10.6. The summed E-state index contributed by atoms with van der Waals surface area (Å²) in [5, 5.41) is 4.83. The highest BCUT2D eigenvalue weighted by atomic mass is 16.5. The molecular formula is C42H48O3. The van der Waals surface area contributed by atoms with Crippen LogP contribution in [0.5, 0.6) is 17.2 Å². The molecule has 5 aromatic rings. The lowest BCUT2D eigenvalue weighted by Crippen LogP contribution is -2.04. The zero-order valence-corrected chi connectivity index (χ0v) is 27.2. The van der Waals surface area contributed by atoms with Crippen LogP contribution >= 0.6 is 0 Å². The van der Waals surface area contributed by atoms with E-state index in [4.69, 9.17) is 14.2 Å². The second kappa shape index (κ2) is 15.3. The van der Waals surface area contributed by atoms with E-state index in [1.165, 1.54) is 82.3 Å². The van der Waals surface area contributed by atoms with Crippen LogP contribution < -0.4 is 14.2 Å². The minimum atomic E-state index is 0.697. The molecule has 1 aliphatic rings. The number of ether oxygens (including phenoxy) is 3. The summed E-state index contributed by atoms with van der Waals surface area (Å²) in [5.41, 5.74) is 5.88. The van der Waals surface area contributed by atoms with Crippen molar-refractivity contribution in [1.29, 1.82) is 0 Å². The van der Waals surface area contributed by atoms with Crippen molar-refractivity contribution in [3.8, 4) is 39.5 Å². The molecule has 6 rings (SSSR count). The third-order valence-corrected chi connectivity index (χ3v) is 9.21. The summed E-state index contributed by atoms with van der Waals surface area (Å²) in [4.78, 5) is 0. The lowest BCUT2D eigenvalue weighted by atomic mass is 9.84. The van der Waals surface area contributed by atoms with Crippen LogP contribution in [0.3, 0.4) is 0 Å². The first-order chi connectivity index (χ1) is 22.3. The van der Waals surface area contributed by atoms with Crippen molar-refractivity contribution in [2.24, 2.45) is 0 Å². The number of hydrogen-bond acceptors (Lipinski definition) is 3. The maximum Gasteiger partial charge on any atom is 0.130 e. The Morgan fingerprint density at radius 1 is 0.511 bits per heavy atom. The van der Waals surface area contributed by atoms with Gasteiger partial charge in [0.1, 0.15) is 17.2 Å². The molecule has 0 spiro atoms. The predicted octanol–water partition coefficient (Wildman–Crippen LogP) is 12.1. The number of rotatable bonds is 8. The van der Waals surface area contributed by atoms with Crippen molar-refractivity contribution in [3.63, 3.8) is 0 Å². The molecule has 2 bridgehead atoms. The summed E-state index contributed by atoms with van der Waals surface area (Å²) in [6.45, 7) is 6.61. The van der Waals surface area contributed by atoms with E-state index < -0.39 is 0 Å². The molecule has 0 N–H and O–H groups in total. The van der Waals surface area contributed by atoms with Gasteiger partial charge in [-0.2, -0.15) is 0 Å². The molecule has 0 fully saturated rings. The van der Waals surface area contributed by atoms with E-state index in [9.17, 15) is 0 Å². The largest absolute Gasteiger partial charge is 0.493 e. The third-order valence-electron chi connectivity index (χ3n) is 9.21. The summed E-state index contributed by atoms with van der Waals surface area (Å²) >= 11 is 0. The van der Waals surface area contributed by atoms with Gasteiger partial charge in [0.15, 0.2) is 0 Å². The smallest absolute Gasteiger partial charge is 0.130 e. The lowest BCUT2D eigenvalue weighted by Gasteiger charge is -2.23. The van der Waals surface area contributed by atoms with Gasteiger partial charge in [-0.25, -0.2) is 0 Å². The minimum Gasteiger partial charge on any atom is -0.493 e. The summed E-state index contributed by atoms with van der Waals surface area (Å²) in [6.07, 6.45) is 13.0. The quantitative estimate of drug-likeness (QED) is 0.131.